The number of fused-ring (bicyclic) bond motifs is 1. The van der Waals surface area contributed by atoms with Gasteiger partial charge in [0.25, 0.3) is 0 Å². The van der Waals surface area contributed by atoms with Crippen LogP contribution in [0.1, 0.15) is 16.1 Å². The number of carboxylic acids is 1. The molecule has 0 aromatic carbocycles. The van der Waals surface area contributed by atoms with Gasteiger partial charge in [-0.2, -0.15) is 0 Å². The van der Waals surface area contributed by atoms with Crippen LogP contribution in [-0.4, -0.2) is 22.4 Å². The SMILES string of the molecule is O=C(O)c1ccnc2c1NC=NC2. The van der Waals surface area contributed by atoms with E-state index in [1.807, 2.05) is 0 Å². The van der Waals surface area contributed by atoms with E-state index in [1.165, 1.54) is 18.6 Å². The van der Waals surface area contributed by atoms with E-state index in [1.54, 1.807) is 0 Å². The number of hydrogen-bond donors (Lipinski definition) is 2. The minimum atomic E-state index is -0.957. The standard InChI is InChI=1S/C8H7N3O2/c12-8(13)5-1-2-10-6-3-9-4-11-7(5)6/h1-2,4H,3H2,(H,9,11)(H,12,13). The molecule has 0 radical (unpaired) electrons. The van der Waals surface area contributed by atoms with Gasteiger partial charge in [0.05, 0.1) is 29.8 Å². The molecular weight excluding hydrogens is 170 g/mol. The highest BCUT2D eigenvalue weighted by Crippen LogP contribution is 2.21. The number of pyridine rings is 1. The first-order valence-electron chi connectivity index (χ1n) is 3.75. The van der Waals surface area contributed by atoms with Gasteiger partial charge in [0, 0.05) is 6.20 Å². The third-order valence-corrected chi connectivity index (χ3v) is 1.80. The van der Waals surface area contributed by atoms with Gasteiger partial charge in [-0.1, -0.05) is 0 Å². The summed E-state index contributed by atoms with van der Waals surface area (Å²) in [6, 6.07) is 1.47. The Bertz CT molecular complexity index is 387. The van der Waals surface area contributed by atoms with E-state index in [9.17, 15) is 4.79 Å². The first-order valence-corrected chi connectivity index (χ1v) is 3.75. The molecule has 5 heteroatoms. The second-order valence-electron chi connectivity index (χ2n) is 2.60. The molecular formula is C8H7N3O2. The van der Waals surface area contributed by atoms with Gasteiger partial charge in [0.1, 0.15) is 0 Å². The maximum atomic E-state index is 10.8. The number of nitrogens with one attached hydrogen (secondary N) is 1. The zero-order chi connectivity index (χ0) is 9.26. The summed E-state index contributed by atoms with van der Waals surface area (Å²) in [4.78, 5) is 18.7. The molecule has 0 bridgehead atoms. The predicted molar refractivity (Wildman–Crippen MR) is 47.0 cm³/mol. The summed E-state index contributed by atoms with van der Waals surface area (Å²) in [5, 5.41) is 11.6. The summed E-state index contributed by atoms with van der Waals surface area (Å²) in [6.07, 6.45) is 2.96. The lowest BCUT2D eigenvalue weighted by Crippen LogP contribution is -2.12. The second-order valence-corrected chi connectivity index (χ2v) is 2.60. The molecule has 66 valence electrons. The van der Waals surface area contributed by atoms with Gasteiger partial charge >= 0.3 is 5.97 Å². The number of anilines is 1. The van der Waals surface area contributed by atoms with Gasteiger partial charge in [-0.05, 0) is 6.07 Å². The third kappa shape index (κ3) is 1.24. The molecule has 13 heavy (non-hydrogen) atoms. The smallest absolute Gasteiger partial charge is 0.337 e. The monoisotopic (exact) mass is 177 g/mol. The molecule has 0 atom stereocenters. The number of rotatable bonds is 1. The van der Waals surface area contributed by atoms with Crippen molar-refractivity contribution >= 4 is 18.0 Å². The van der Waals surface area contributed by atoms with E-state index < -0.39 is 5.97 Å². The molecule has 2 rings (SSSR count). The van der Waals surface area contributed by atoms with Crippen molar-refractivity contribution in [1.29, 1.82) is 0 Å². The number of aliphatic imine (C=N–C) groups is 1. The summed E-state index contributed by atoms with van der Waals surface area (Å²) in [7, 11) is 0. The fourth-order valence-electron chi connectivity index (χ4n) is 1.21. The van der Waals surface area contributed by atoms with Crippen molar-refractivity contribution < 1.29 is 9.90 Å². The van der Waals surface area contributed by atoms with E-state index >= 15 is 0 Å². The topological polar surface area (TPSA) is 74.6 Å². The normalized spacial score (nSPS) is 13.2. The zero-order valence-electron chi connectivity index (χ0n) is 6.69. The van der Waals surface area contributed by atoms with Crippen LogP contribution in [0.15, 0.2) is 17.3 Å². The van der Waals surface area contributed by atoms with Crippen LogP contribution in [0.4, 0.5) is 5.69 Å². The molecule has 2 N–H and O–H groups in total. The summed E-state index contributed by atoms with van der Waals surface area (Å²) < 4.78 is 0. The Morgan fingerprint density at radius 1 is 1.62 bits per heavy atom. The van der Waals surface area contributed by atoms with Crippen LogP contribution in [0.3, 0.4) is 0 Å². The van der Waals surface area contributed by atoms with Crippen LogP contribution in [0, 0.1) is 0 Å². The highest BCUT2D eigenvalue weighted by Gasteiger charge is 2.15. The molecule has 0 aliphatic carbocycles. The molecule has 0 saturated heterocycles. The van der Waals surface area contributed by atoms with Crippen molar-refractivity contribution in [3.05, 3.63) is 23.5 Å². The molecule has 1 aromatic heterocycles. The van der Waals surface area contributed by atoms with E-state index in [2.05, 4.69) is 15.3 Å². The Balaban J connectivity index is 2.55. The summed E-state index contributed by atoms with van der Waals surface area (Å²) >= 11 is 0. The van der Waals surface area contributed by atoms with Crippen LogP contribution >= 0.6 is 0 Å². The van der Waals surface area contributed by atoms with Crippen molar-refractivity contribution in [2.75, 3.05) is 5.32 Å². The molecule has 5 nitrogen and oxygen atoms in total. The number of carbonyl (C=O) groups is 1. The van der Waals surface area contributed by atoms with Crippen LogP contribution < -0.4 is 5.32 Å². The number of nitrogens with zero attached hydrogens (tertiary/aromatic N) is 2. The maximum absolute atomic E-state index is 10.8. The van der Waals surface area contributed by atoms with Gasteiger partial charge in [0.2, 0.25) is 0 Å². The van der Waals surface area contributed by atoms with Gasteiger partial charge < -0.3 is 10.4 Å². The molecule has 1 aliphatic heterocycles. The Labute approximate surface area is 74.1 Å². The molecule has 1 aliphatic rings. The van der Waals surface area contributed by atoms with Gasteiger partial charge in [0.15, 0.2) is 0 Å². The van der Waals surface area contributed by atoms with Crippen LogP contribution in [0.2, 0.25) is 0 Å². The molecule has 0 saturated carbocycles. The highest BCUT2D eigenvalue weighted by atomic mass is 16.4. The van der Waals surface area contributed by atoms with E-state index in [0.717, 1.165) is 0 Å². The molecule has 0 unspecified atom stereocenters. The van der Waals surface area contributed by atoms with E-state index in [-0.39, 0.29) is 5.56 Å². The maximum Gasteiger partial charge on any atom is 0.337 e. The molecule has 0 amide bonds. The van der Waals surface area contributed by atoms with Crippen molar-refractivity contribution in [2.24, 2.45) is 4.99 Å². The number of carboxylic acid groups (broad SMARTS) is 1. The van der Waals surface area contributed by atoms with Crippen molar-refractivity contribution in [3.63, 3.8) is 0 Å². The average molecular weight is 177 g/mol. The second kappa shape index (κ2) is 2.85. The van der Waals surface area contributed by atoms with Gasteiger partial charge in [-0.15, -0.1) is 0 Å². The van der Waals surface area contributed by atoms with Crippen LogP contribution in [-0.2, 0) is 6.54 Å². The van der Waals surface area contributed by atoms with E-state index in [0.29, 0.717) is 17.9 Å². The fraction of sp³-hybridized carbons (Fsp3) is 0.125. The summed E-state index contributed by atoms with van der Waals surface area (Å²) in [5.74, 6) is -0.957. The molecule has 0 spiro atoms. The Morgan fingerprint density at radius 3 is 3.23 bits per heavy atom. The van der Waals surface area contributed by atoms with Crippen molar-refractivity contribution in [3.8, 4) is 0 Å². The molecule has 2 heterocycles. The molecule has 1 aromatic rings. The fourth-order valence-corrected chi connectivity index (χ4v) is 1.21. The summed E-state index contributed by atoms with van der Waals surface area (Å²) in [6.45, 7) is 0.434. The lowest BCUT2D eigenvalue weighted by atomic mass is 10.1. The number of aromatic carboxylic acids is 1. The molecule has 0 fully saturated rings. The van der Waals surface area contributed by atoms with E-state index in [4.69, 9.17) is 5.11 Å². The minimum Gasteiger partial charge on any atom is -0.478 e. The largest absolute Gasteiger partial charge is 0.478 e. The first kappa shape index (κ1) is 7.72. The Morgan fingerprint density at radius 2 is 2.46 bits per heavy atom. The first-order chi connectivity index (χ1) is 6.29. The predicted octanol–water partition coefficient (Wildman–Crippen LogP) is 0.734. The van der Waals surface area contributed by atoms with Crippen molar-refractivity contribution in [1.82, 2.24) is 4.98 Å². The van der Waals surface area contributed by atoms with Gasteiger partial charge in [-0.25, -0.2) is 4.79 Å². The highest BCUT2D eigenvalue weighted by molar-refractivity contribution is 5.98. The zero-order valence-corrected chi connectivity index (χ0v) is 6.69. The lowest BCUT2D eigenvalue weighted by molar-refractivity contribution is 0.0698. The Kier molecular flexibility index (Phi) is 1.70. The summed E-state index contributed by atoms with van der Waals surface area (Å²) in [5.41, 5.74) is 1.45. The van der Waals surface area contributed by atoms with Crippen LogP contribution in [0.25, 0.3) is 0 Å². The minimum absolute atomic E-state index is 0.233. The quantitative estimate of drug-likeness (QED) is 0.663. The van der Waals surface area contributed by atoms with Crippen LogP contribution in [0.5, 0.6) is 0 Å². The lowest BCUT2D eigenvalue weighted by Gasteiger charge is -2.12. The Hall–Kier alpha value is -1.91. The van der Waals surface area contributed by atoms with Crippen molar-refractivity contribution in [2.45, 2.75) is 6.54 Å². The third-order valence-electron chi connectivity index (χ3n) is 1.80. The van der Waals surface area contributed by atoms with Gasteiger partial charge in [-0.3, -0.25) is 9.98 Å². The number of aromatic nitrogens is 1. The average Bonchev–Trinajstić information content (AvgIpc) is 2.17. The number of hydrogen-bond acceptors (Lipinski definition) is 4.